The average Bonchev–Trinajstić information content (AvgIpc) is 3.13. The van der Waals surface area contributed by atoms with Gasteiger partial charge in [-0.2, -0.15) is 0 Å². The summed E-state index contributed by atoms with van der Waals surface area (Å²) in [6, 6.07) is 5.94. The molecule has 4 rings (SSSR count). The summed E-state index contributed by atoms with van der Waals surface area (Å²) >= 11 is 0. The molecule has 0 bridgehead atoms. The molecule has 7 heteroatoms. The summed E-state index contributed by atoms with van der Waals surface area (Å²) < 4.78 is 24.8. The summed E-state index contributed by atoms with van der Waals surface area (Å²) in [6.07, 6.45) is 2.42. The second kappa shape index (κ2) is 6.65. The molecule has 6 nitrogen and oxygen atoms in total. The molecular formula is C18H21FN4O2. The first-order valence-electron chi connectivity index (χ1n) is 8.45. The predicted octanol–water partition coefficient (Wildman–Crippen LogP) is 1.99. The monoisotopic (exact) mass is 344 g/mol. The van der Waals surface area contributed by atoms with E-state index in [2.05, 4.69) is 19.9 Å². The summed E-state index contributed by atoms with van der Waals surface area (Å²) in [5.74, 6) is 0.511. The highest BCUT2D eigenvalue weighted by molar-refractivity contribution is 5.33. The van der Waals surface area contributed by atoms with Crippen molar-refractivity contribution in [3.05, 3.63) is 47.8 Å². The lowest BCUT2D eigenvalue weighted by atomic mass is 9.82. The molecule has 0 saturated carbocycles. The number of halogens is 1. The molecular weight excluding hydrogens is 323 g/mol. The Morgan fingerprint density at radius 2 is 2.20 bits per heavy atom. The number of hydrogen-bond donors (Lipinski definition) is 0. The van der Waals surface area contributed by atoms with Gasteiger partial charge in [0.2, 0.25) is 5.95 Å². The van der Waals surface area contributed by atoms with Crippen LogP contribution in [0.3, 0.4) is 0 Å². The van der Waals surface area contributed by atoms with Gasteiger partial charge in [-0.1, -0.05) is 6.07 Å². The molecule has 2 aromatic rings. The van der Waals surface area contributed by atoms with E-state index in [0.717, 1.165) is 24.5 Å². The molecule has 25 heavy (non-hydrogen) atoms. The van der Waals surface area contributed by atoms with Gasteiger partial charge < -0.3 is 14.4 Å². The Kier molecular flexibility index (Phi) is 4.35. The average molecular weight is 344 g/mol. The van der Waals surface area contributed by atoms with E-state index in [-0.39, 0.29) is 5.41 Å². The molecule has 2 aromatic heterocycles. The third-order valence-electron chi connectivity index (χ3n) is 5.00. The summed E-state index contributed by atoms with van der Waals surface area (Å²) in [5, 5.41) is 0. The zero-order chi connectivity index (χ0) is 17.3. The second-order valence-electron chi connectivity index (χ2n) is 6.92. The Bertz CT molecular complexity index is 742. The van der Waals surface area contributed by atoms with E-state index in [4.69, 9.17) is 9.47 Å². The SMILES string of the molecule is Cc1cccc(COC[C@@]23COC[C@@H]2CN(c2ncc(F)cn2)C3)n1. The highest BCUT2D eigenvalue weighted by Crippen LogP contribution is 2.42. The van der Waals surface area contributed by atoms with Crippen LogP contribution >= 0.6 is 0 Å². The van der Waals surface area contributed by atoms with Crippen molar-refractivity contribution < 1.29 is 13.9 Å². The van der Waals surface area contributed by atoms with E-state index in [9.17, 15) is 4.39 Å². The van der Waals surface area contributed by atoms with Crippen molar-refractivity contribution >= 4 is 5.95 Å². The normalized spacial score (nSPS) is 25.4. The maximum absolute atomic E-state index is 13.0. The highest BCUT2D eigenvalue weighted by atomic mass is 19.1. The van der Waals surface area contributed by atoms with Crippen molar-refractivity contribution in [1.82, 2.24) is 15.0 Å². The van der Waals surface area contributed by atoms with Gasteiger partial charge in [-0.3, -0.25) is 4.98 Å². The fourth-order valence-electron chi connectivity index (χ4n) is 3.70. The standard InChI is InChI=1S/C18H21FN4O2/c1-13-3-2-4-16(22-13)9-25-12-18-10-23(7-14(18)8-24-11-18)17-20-5-15(19)6-21-17/h2-6,14H,7-12H2,1H3/t14-,18+/m0/s1. The van der Waals surface area contributed by atoms with Crippen LogP contribution in [0.5, 0.6) is 0 Å². The lowest BCUT2D eigenvalue weighted by Crippen LogP contribution is -2.36. The van der Waals surface area contributed by atoms with Crippen molar-refractivity contribution in [3.63, 3.8) is 0 Å². The maximum atomic E-state index is 13.0. The van der Waals surface area contributed by atoms with E-state index in [1.165, 1.54) is 12.4 Å². The molecule has 4 heterocycles. The molecule has 2 fully saturated rings. The molecule has 0 spiro atoms. The van der Waals surface area contributed by atoms with Crippen molar-refractivity contribution in [2.45, 2.75) is 13.5 Å². The molecule has 132 valence electrons. The minimum Gasteiger partial charge on any atom is -0.380 e. The van der Waals surface area contributed by atoms with Crippen molar-refractivity contribution in [2.24, 2.45) is 11.3 Å². The smallest absolute Gasteiger partial charge is 0.225 e. The molecule has 2 atom stereocenters. The van der Waals surface area contributed by atoms with Gasteiger partial charge in [0.05, 0.1) is 44.5 Å². The molecule has 2 aliphatic heterocycles. The quantitative estimate of drug-likeness (QED) is 0.827. The predicted molar refractivity (Wildman–Crippen MR) is 89.6 cm³/mol. The van der Waals surface area contributed by atoms with Crippen LogP contribution in [0.25, 0.3) is 0 Å². The maximum Gasteiger partial charge on any atom is 0.225 e. The molecule has 0 unspecified atom stereocenters. The van der Waals surface area contributed by atoms with Crippen LogP contribution in [0.2, 0.25) is 0 Å². The number of rotatable bonds is 5. The summed E-state index contributed by atoms with van der Waals surface area (Å²) in [4.78, 5) is 14.8. The number of nitrogens with zero attached hydrogens (tertiary/aromatic N) is 4. The first kappa shape index (κ1) is 16.4. The summed E-state index contributed by atoms with van der Waals surface area (Å²) in [5.41, 5.74) is 1.85. The van der Waals surface area contributed by atoms with Gasteiger partial charge in [0.1, 0.15) is 0 Å². The van der Waals surface area contributed by atoms with Crippen molar-refractivity contribution in [2.75, 3.05) is 37.8 Å². The number of ether oxygens (including phenoxy) is 2. The van der Waals surface area contributed by atoms with E-state index < -0.39 is 5.82 Å². The minimum atomic E-state index is -0.421. The van der Waals surface area contributed by atoms with Gasteiger partial charge in [0, 0.05) is 30.1 Å². The molecule has 0 radical (unpaired) electrons. The largest absolute Gasteiger partial charge is 0.380 e. The lowest BCUT2D eigenvalue weighted by Gasteiger charge is -2.26. The Hall–Kier alpha value is -2.12. The Morgan fingerprint density at radius 3 is 3.00 bits per heavy atom. The van der Waals surface area contributed by atoms with Crippen molar-refractivity contribution in [1.29, 1.82) is 0 Å². The number of aryl methyl sites for hydroxylation is 1. The van der Waals surface area contributed by atoms with E-state index in [1.54, 1.807) is 0 Å². The van der Waals surface area contributed by atoms with Crippen LogP contribution in [0.1, 0.15) is 11.4 Å². The lowest BCUT2D eigenvalue weighted by molar-refractivity contribution is 0.0250. The van der Waals surface area contributed by atoms with Gasteiger partial charge >= 0.3 is 0 Å². The topological polar surface area (TPSA) is 60.4 Å². The highest BCUT2D eigenvalue weighted by Gasteiger charge is 2.51. The zero-order valence-corrected chi connectivity index (χ0v) is 14.2. The van der Waals surface area contributed by atoms with Gasteiger partial charge in [-0.05, 0) is 19.1 Å². The van der Waals surface area contributed by atoms with Crippen LogP contribution in [0.4, 0.5) is 10.3 Å². The fraction of sp³-hybridized carbons (Fsp3) is 0.500. The molecule has 2 aliphatic rings. The summed E-state index contributed by atoms with van der Waals surface area (Å²) in [7, 11) is 0. The fourth-order valence-corrected chi connectivity index (χ4v) is 3.70. The first-order valence-corrected chi connectivity index (χ1v) is 8.45. The Morgan fingerprint density at radius 1 is 1.36 bits per heavy atom. The van der Waals surface area contributed by atoms with Gasteiger partial charge in [-0.15, -0.1) is 0 Å². The third kappa shape index (κ3) is 3.34. The Balaban J connectivity index is 1.41. The molecule has 0 aromatic carbocycles. The number of aromatic nitrogens is 3. The second-order valence-corrected chi connectivity index (χ2v) is 6.92. The van der Waals surface area contributed by atoms with Gasteiger partial charge in [-0.25, -0.2) is 14.4 Å². The molecule has 0 N–H and O–H groups in total. The van der Waals surface area contributed by atoms with E-state index in [1.807, 2.05) is 25.1 Å². The molecule has 0 aliphatic carbocycles. The van der Waals surface area contributed by atoms with Crippen LogP contribution in [0, 0.1) is 24.1 Å². The van der Waals surface area contributed by atoms with Gasteiger partial charge in [0.25, 0.3) is 0 Å². The number of hydrogen-bond acceptors (Lipinski definition) is 6. The summed E-state index contributed by atoms with van der Waals surface area (Å²) in [6.45, 7) is 6.00. The van der Waals surface area contributed by atoms with E-state index in [0.29, 0.717) is 38.3 Å². The minimum absolute atomic E-state index is 0.0679. The van der Waals surface area contributed by atoms with E-state index >= 15 is 0 Å². The number of pyridine rings is 1. The van der Waals surface area contributed by atoms with Crippen LogP contribution < -0.4 is 4.90 Å². The molecule has 0 amide bonds. The number of anilines is 1. The number of fused-ring (bicyclic) bond motifs is 1. The van der Waals surface area contributed by atoms with Crippen LogP contribution in [-0.4, -0.2) is 47.9 Å². The Labute approximate surface area is 146 Å². The third-order valence-corrected chi connectivity index (χ3v) is 5.00. The first-order chi connectivity index (χ1) is 12.1. The zero-order valence-electron chi connectivity index (χ0n) is 14.2. The van der Waals surface area contributed by atoms with Crippen LogP contribution in [0.15, 0.2) is 30.6 Å². The molecule has 2 saturated heterocycles. The van der Waals surface area contributed by atoms with Crippen LogP contribution in [-0.2, 0) is 16.1 Å². The van der Waals surface area contributed by atoms with Gasteiger partial charge in [0.15, 0.2) is 5.82 Å². The van der Waals surface area contributed by atoms with Crippen molar-refractivity contribution in [3.8, 4) is 0 Å².